The maximum absolute atomic E-state index is 4.04. The Hall–Kier alpha value is -0.480. The van der Waals surface area contributed by atoms with Gasteiger partial charge in [-0.25, -0.2) is 0 Å². The summed E-state index contributed by atoms with van der Waals surface area (Å²) in [6.45, 7) is 5.60. The third-order valence-electron chi connectivity index (χ3n) is 3.18. The fourth-order valence-corrected chi connectivity index (χ4v) is 2.83. The first-order valence-corrected chi connectivity index (χ1v) is 6.49. The first kappa shape index (κ1) is 11.0. The molecule has 1 aliphatic rings. The summed E-state index contributed by atoms with van der Waals surface area (Å²) in [5, 5.41) is 9.64. The van der Waals surface area contributed by atoms with Crippen LogP contribution in [0.1, 0.15) is 45.2 Å². The first-order chi connectivity index (χ1) is 7.16. The third-order valence-corrected chi connectivity index (χ3v) is 3.74. The van der Waals surface area contributed by atoms with E-state index in [0.29, 0.717) is 11.5 Å². The van der Waals surface area contributed by atoms with Gasteiger partial charge in [-0.05, 0) is 36.2 Å². The van der Waals surface area contributed by atoms with E-state index in [1.165, 1.54) is 37.2 Å². The topological polar surface area (TPSA) is 37.8 Å². The molecule has 1 unspecified atom stereocenters. The molecule has 0 aliphatic heterocycles. The van der Waals surface area contributed by atoms with Gasteiger partial charge in [-0.3, -0.25) is 0 Å². The smallest absolute Gasteiger partial charge is 0.0893 e. The largest absolute Gasteiger partial charge is 0.308 e. The molecule has 1 aromatic rings. The second-order valence-electron chi connectivity index (χ2n) is 5.23. The zero-order valence-electron chi connectivity index (χ0n) is 9.49. The average molecular weight is 225 g/mol. The van der Waals surface area contributed by atoms with E-state index in [-0.39, 0.29) is 0 Å². The van der Waals surface area contributed by atoms with E-state index in [4.69, 9.17) is 0 Å². The molecular formula is C11H19N3S. The number of rotatable bonds is 3. The predicted octanol–water partition coefficient (Wildman–Crippen LogP) is 2.60. The van der Waals surface area contributed by atoms with Gasteiger partial charge >= 0.3 is 0 Å². The van der Waals surface area contributed by atoms with Crippen LogP contribution in [0.4, 0.5) is 0 Å². The molecule has 0 amide bonds. The number of hydrogen-bond acceptors (Lipinski definition) is 4. The normalized spacial score (nSPS) is 25.3. The lowest BCUT2D eigenvalue weighted by atomic mass is 9.75. The summed E-state index contributed by atoms with van der Waals surface area (Å²) < 4.78 is 3.87. The van der Waals surface area contributed by atoms with E-state index in [9.17, 15) is 0 Å². The van der Waals surface area contributed by atoms with Crippen LogP contribution < -0.4 is 5.32 Å². The van der Waals surface area contributed by atoms with Gasteiger partial charge in [-0.1, -0.05) is 24.8 Å². The van der Waals surface area contributed by atoms with Crippen LogP contribution in [-0.2, 0) is 6.54 Å². The highest BCUT2D eigenvalue weighted by Crippen LogP contribution is 2.35. The molecule has 84 valence electrons. The highest BCUT2D eigenvalue weighted by Gasteiger charge is 2.27. The van der Waals surface area contributed by atoms with Gasteiger partial charge < -0.3 is 5.32 Å². The number of hydrogen-bond donors (Lipinski definition) is 1. The van der Waals surface area contributed by atoms with Crippen molar-refractivity contribution in [2.45, 2.75) is 52.1 Å². The fraction of sp³-hybridized carbons (Fsp3) is 0.818. The molecule has 4 heteroatoms. The molecule has 1 saturated carbocycles. The van der Waals surface area contributed by atoms with Crippen LogP contribution in [-0.4, -0.2) is 15.6 Å². The molecule has 3 nitrogen and oxygen atoms in total. The van der Waals surface area contributed by atoms with E-state index in [1.54, 1.807) is 0 Å². The minimum Gasteiger partial charge on any atom is -0.308 e. The zero-order valence-corrected chi connectivity index (χ0v) is 10.3. The maximum Gasteiger partial charge on any atom is 0.0893 e. The quantitative estimate of drug-likeness (QED) is 0.859. The molecular weight excluding hydrogens is 206 g/mol. The molecule has 1 fully saturated rings. The Balaban J connectivity index is 1.80. The van der Waals surface area contributed by atoms with Crippen molar-refractivity contribution in [2.24, 2.45) is 5.41 Å². The average Bonchev–Trinajstić information content (AvgIpc) is 2.65. The van der Waals surface area contributed by atoms with Crippen LogP contribution in [0.25, 0.3) is 0 Å². The second kappa shape index (κ2) is 4.58. The van der Waals surface area contributed by atoms with Gasteiger partial charge in [-0.2, -0.15) is 0 Å². The Labute approximate surface area is 95.4 Å². The molecule has 0 aromatic carbocycles. The summed E-state index contributed by atoms with van der Waals surface area (Å²) in [5.41, 5.74) is 1.58. The van der Waals surface area contributed by atoms with Crippen molar-refractivity contribution in [1.29, 1.82) is 0 Å². The van der Waals surface area contributed by atoms with Gasteiger partial charge in [0.15, 0.2) is 0 Å². The molecule has 2 rings (SSSR count). The molecule has 1 N–H and O–H groups in total. The van der Waals surface area contributed by atoms with Crippen LogP contribution in [0.3, 0.4) is 0 Å². The highest BCUT2D eigenvalue weighted by atomic mass is 32.1. The fourth-order valence-electron chi connectivity index (χ4n) is 2.38. The summed E-state index contributed by atoms with van der Waals surface area (Å²) in [6.07, 6.45) is 5.30. The molecule has 15 heavy (non-hydrogen) atoms. The monoisotopic (exact) mass is 225 g/mol. The van der Waals surface area contributed by atoms with E-state index in [0.717, 1.165) is 12.2 Å². The van der Waals surface area contributed by atoms with Crippen LogP contribution in [0.15, 0.2) is 5.38 Å². The van der Waals surface area contributed by atoms with E-state index >= 15 is 0 Å². The number of nitrogens with one attached hydrogen (secondary N) is 1. The Morgan fingerprint density at radius 3 is 3.13 bits per heavy atom. The maximum atomic E-state index is 4.04. The van der Waals surface area contributed by atoms with Gasteiger partial charge in [0.05, 0.1) is 5.69 Å². The minimum atomic E-state index is 0.510. The zero-order chi connectivity index (χ0) is 10.7. The molecule has 0 saturated heterocycles. The van der Waals surface area contributed by atoms with Crippen molar-refractivity contribution >= 4 is 11.5 Å². The Bertz CT molecular complexity index is 295. The van der Waals surface area contributed by atoms with E-state index in [1.807, 2.05) is 5.38 Å². The molecule has 1 aliphatic carbocycles. The van der Waals surface area contributed by atoms with Gasteiger partial charge in [0.2, 0.25) is 0 Å². The molecule has 1 aromatic heterocycles. The lowest BCUT2D eigenvalue weighted by Crippen LogP contribution is -2.36. The van der Waals surface area contributed by atoms with Crippen molar-refractivity contribution in [3.63, 3.8) is 0 Å². The Kier molecular flexibility index (Phi) is 3.36. The van der Waals surface area contributed by atoms with Gasteiger partial charge in [0.25, 0.3) is 0 Å². The van der Waals surface area contributed by atoms with Crippen molar-refractivity contribution in [1.82, 2.24) is 14.9 Å². The summed E-state index contributed by atoms with van der Waals surface area (Å²) in [6, 6.07) is 0.662. The summed E-state index contributed by atoms with van der Waals surface area (Å²) in [7, 11) is 0. The summed E-state index contributed by atoms with van der Waals surface area (Å²) in [5.74, 6) is 0. The summed E-state index contributed by atoms with van der Waals surface area (Å²) >= 11 is 1.42. The van der Waals surface area contributed by atoms with Gasteiger partial charge in [0.1, 0.15) is 0 Å². The van der Waals surface area contributed by atoms with Gasteiger partial charge in [-0.15, -0.1) is 5.10 Å². The molecule has 0 radical (unpaired) electrons. The Morgan fingerprint density at radius 2 is 2.47 bits per heavy atom. The van der Waals surface area contributed by atoms with Crippen molar-refractivity contribution in [3.8, 4) is 0 Å². The van der Waals surface area contributed by atoms with Crippen molar-refractivity contribution < 1.29 is 0 Å². The second-order valence-corrected chi connectivity index (χ2v) is 5.84. The van der Waals surface area contributed by atoms with Crippen LogP contribution >= 0.6 is 11.5 Å². The highest BCUT2D eigenvalue weighted by molar-refractivity contribution is 7.03. The SMILES string of the molecule is CC1(C)CCCC(NCc2csnn2)C1. The van der Waals surface area contributed by atoms with Gasteiger partial charge in [0, 0.05) is 18.0 Å². The van der Waals surface area contributed by atoms with Crippen LogP contribution in [0.5, 0.6) is 0 Å². The molecule has 1 heterocycles. The van der Waals surface area contributed by atoms with E-state index in [2.05, 4.69) is 28.8 Å². The predicted molar refractivity (Wildman–Crippen MR) is 62.8 cm³/mol. The first-order valence-electron chi connectivity index (χ1n) is 5.65. The van der Waals surface area contributed by atoms with E-state index < -0.39 is 0 Å². The van der Waals surface area contributed by atoms with Crippen LogP contribution in [0.2, 0.25) is 0 Å². The lowest BCUT2D eigenvalue weighted by molar-refractivity contribution is 0.197. The molecule has 0 spiro atoms. The standard InChI is InChI=1S/C11H19N3S/c1-11(2)5-3-4-9(6-11)12-7-10-8-15-14-13-10/h8-9,12H,3-7H2,1-2H3. The van der Waals surface area contributed by atoms with Crippen molar-refractivity contribution in [3.05, 3.63) is 11.1 Å². The van der Waals surface area contributed by atoms with Crippen molar-refractivity contribution in [2.75, 3.05) is 0 Å². The Morgan fingerprint density at radius 1 is 1.60 bits per heavy atom. The molecule has 0 bridgehead atoms. The van der Waals surface area contributed by atoms with Crippen LogP contribution in [0, 0.1) is 5.41 Å². The minimum absolute atomic E-state index is 0.510. The third kappa shape index (κ3) is 3.24. The summed E-state index contributed by atoms with van der Waals surface area (Å²) in [4.78, 5) is 0. The lowest BCUT2D eigenvalue weighted by Gasteiger charge is -2.35. The number of aromatic nitrogens is 2. The molecule has 1 atom stereocenters. The number of nitrogens with zero attached hydrogens (tertiary/aromatic N) is 2.